The SMILES string of the molecule is CCCc1c(N)nnn1Cc1cc(C(C)=O)ccc1OC. The van der Waals surface area contributed by atoms with E-state index < -0.39 is 0 Å². The number of rotatable bonds is 6. The van der Waals surface area contributed by atoms with Gasteiger partial charge in [-0.3, -0.25) is 4.79 Å². The molecular formula is C15H20N4O2. The van der Waals surface area contributed by atoms with Crippen molar-refractivity contribution in [2.75, 3.05) is 12.8 Å². The molecule has 2 rings (SSSR count). The highest BCUT2D eigenvalue weighted by atomic mass is 16.5. The van der Waals surface area contributed by atoms with Gasteiger partial charge in [0.1, 0.15) is 5.75 Å². The molecule has 0 spiro atoms. The third-order valence-electron chi connectivity index (χ3n) is 3.36. The summed E-state index contributed by atoms with van der Waals surface area (Å²) in [6.07, 6.45) is 1.77. The molecule has 0 aliphatic carbocycles. The number of anilines is 1. The molecule has 6 heteroatoms. The Labute approximate surface area is 123 Å². The van der Waals surface area contributed by atoms with Crippen molar-refractivity contribution < 1.29 is 9.53 Å². The quantitative estimate of drug-likeness (QED) is 0.823. The van der Waals surface area contributed by atoms with E-state index in [0.717, 1.165) is 29.8 Å². The van der Waals surface area contributed by atoms with E-state index in [1.165, 1.54) is 0 Å². The summed E-state index contributed by atoms with van der Waals surface area (Å²) >= 11 is 0. The van der Waals surface area contributed by atoms with E-state index in [-0.39, 0.29) is 5.78 Å². The molecule has 1 aromatic heterocycles. The van der Waals surface area contributed by atoms with Crippen LogP contribution in [0.4, 0.5) is 5.82 Å². The zero-order chi connectivity index (χ0) is 15.4. The summed E-state index contributed by atoms with van der Waals surface area (Å²) in [4.78, 5) is 11.5. The molecule has 6 nitrogen and oxygen atoms in total. The van der Waals surface area contributed by atoms with Crippen LogP contribution in [0.3, 0.4) is 0 Å². The molecule has 112 valence electrons. The van der Waals surface area contributed by atoms with Gasteiger partial charge in [0.05, 0.1) is 19.3 Å². The summed E-state index contributed by atoms with van der Waals surface area (Å²) in [6, 6.07) is 5.38. The Kier molecular flexibility index (Phi) is 4.57. The van der Waals surface area contributed by atoms with Crippen LogP contribution in [0.2, 0.25) is 0 Å². The monoisotopic (exact) mass is 288 g/mol. The first kappa shape index (κ1) is 15.0. The standard InChI is InChI=1S/C15H20N4O2/c1-4-5-13-15(16)17-18-19(13)9-12-8-11(10(2)20)6-7-14(12)21-3/h6-8H,4-5,9,16H2,1-3H3. The molecule has 0 amide bonds. The van der Waals surface area contributed by atoms with Crippen LogP contribution in [0.25, 0.3) is 0 Å². The normalized spacial score (nSPS) is 10.6. The maximum atomic E-state index is 11.5. The van der Waals surface area contributed by atoms with Gasteiger partial charge in [-0.2, -0.15) is 0 Å². The summed E-state index contributed by atoms with van der Waals surface area (Å²) in [5, 5.41) is 8.01. The zero-order valence-electron chi connectivity index (χ0n) is 12.6. The lowest BCUT2D eigenvalue weighted by atomic mass is 10.1. The van der Waals surface area contributed by atoms with Crippen molar-refractivity contribution >= 4 is 11.6 Å². The van der Waals surface area contributed by atoms with Gasteiger partial charge in [0, 0.05) is 11.1 Å². The Balaban J connectivity index is 2.38. The fraction of sp³-hybridized carbons (Fsp3) is 0.400. The van der Waals surface area contributed by atoms with Crippen molar-refractivity contribution in [3.8, 4) is 5.75 Å². The second kappa shape index (κ2) is 6.39. The Bertz CT molecular complexity index is 649. The van der Waals surface area contributed by atoms with Crippen LogP contribution < -0.4 is 10.5 Å². The molecule has 0 radical (unpaired) electrons. The number of nitrogen functional groups attached to an aromatic ring is 1. The number of ketones is 1. The summed E-state index contributed by atoms with van der Waals surface area (Å²) in [7, 11) is 1.61. The molecule has 0 saturated heterocycles. The number of hydrogen-bond donors (Lipinski definition) is 1. The van der Waals surface area contributed by atoms with E-state index >= 15 is 0 Å². The van der Waals surface area contributed by atoms with Gasteiger partial charge in [0.15, 0.2) is 11.6 Å². The lowest BCUT2D eigenvalue weighted by molar-refractivity contribution is 0.101. The van der Waals surface area contributed by atoms with Gasteiger partial charge in [0.25, 0.3) is 0 Å². The molecule has 1 aromatic carbocycles. The first-order valence-corrected chi connectivity index (χ1v) is 6.92. The highest BCUT2D eigenvalue weighted by Gasteiger charge is 2.13. The van der Waals surface area contributed by atoms with Gasteiger partial charge in [-0.25, -0.2) is 4.68 Å². The number of nitrogens with zero attached hydrogens (tertiary/aromatic N) is 3. The number of nitrogens with two attached hydrogens (primary N) is 1. The van der Waals surface area contributed by atoms with Crippen molar-refractivity contribution in [3.05, 3.63) is 35.0 Å². The minimum Gasteiger partial charge on any atom is -0.496 e. The van der Waals surface area contributed by atoms with Crippen LogP contribution in [0.1, 0.15) is 41.9 Å². The number of Topliss-reactive ketones (excluding diaryl/α,β-unsaturated/α-hetero) is 1. The smallest absolute Gasteiger partial charge is 0.169 e. The number of carbonyl (C=O) groups is 1. The highest BCUT2D eigenvalue weighted by Crippen LogP contribution is 2.22. The molecule has 2 N–H and O–H groups in total. The Morgan fingerprint density at radius 2 is 2.19 bits per heavy atom. The number of methoxy groups -OCH3 is 1. The van der Waals surface area contributed by atoms with Gasteiger partial charge in [-0.05, 0) is 31.5 Å². The van der Waals surface area contributed by atoms with Crippen molar-refractivity contribution in [2.24, 2.45) is 0 Å². The topological polar surface area (TPSA) is 83.0 Å². The number of aromatic nitrogens is 3. The average molecular weight is 288 g/mol. The van der Waals surface area contributed by atoms with Gasteiger partial charge in [-0.1, -0.05) is 18.6 Å². The van der Waals surface area contributed by atoms with Crippen LogP contribution >= 0.6 is 0 Å². The van der Waals surface area contributed by atoms with E-state index in [1.807, 2.05) is 6.07 Å². The van der Waals surface area contributed by atoms with Gasteiger partial charge < -0.3 is 10.5 Å². The fourth-order valence-corrected chi connectivity index (χ4v) is 2.25. The molecule has 0 unspecified atom stereocenters. The van der Waals surface area contributed by atoms with Crippen molar-refractivity contribution in [2.45, 2.75) is 33.2 Å². The largest absolute Gasteiger partial charge is 0.496 e. The Hall–Kier alpha value is -2.37. The number of ether oxygens (including phenoxy) is 1. The van der Waals surface area contributed by atoms with E-state index in [9.17, 15) is 4.79 Å². The van der Waals surface area contributed by atoms with Crippen LogP contribution in [0, 0.1) is 0 Å². The van der Waals surface area contributed by atoms with E-state index in [4.69, 9.17) is 10.5 Å². The van der Waals surface area contributed by atoms with Crippen LogP contribution in [0.15, 0.2) is 18.2 Å². The lowest BCUT2D eigenvalue weighted by Crippen LogP contribution is -2.09. The van der Waals surface area contributed by atoms with Gasteiger partial charge >= 0.3 is 0 Å². The van der Waals surface area contributed by atoms with Crippen molar-refractivity contribution in [3.63, 3.8) is 0 Å². The van der Waals surface area contributed by atoms with E-state index in [0.29, 0.717) is 17.9 Å². The number of carbonyl (C=O) groups excluding carboxylic acids is 1. The summed E-state index contributed by atoms with van der Waals surface area (Å²) in [6.45, 7) is 4.10. The first-order valence-electron chi connectivity index (χ1n) is 6.92. The fourth-order valence-electron chi connectivity index (χ4n) is 2.25. The Morgan fingerprint density at radius 1 is 1.43 bits per heavy atom. The van der Waals surface area contributed by atoms with Crippen LogP contribution in [-0.4, -0.2) is 27.9 Å². The van der Waals surface area contributed by atoms with Crippen LogP contribution in [0.5, 0.6) is 5.75 Å². The number of hydrogen-bond acceptors (Lipinski definition) is 5. The molecule has 21 heavy (non-hydrogen) atoms. The molecule has 1 heterocycles. The van der Waals surface area contributed by atoms with E-state index in [2.05, 4.69) is 17.2 Å². The second-order valence-corrected chi connectivity index (χ2v) is 4.91. The molecule has 0 bridgehead atoms. The molecule has 0 saturated carbocycles. The van der Waals surface area contributed by atoms with E-state index in [1.54, 1.807) is 30.8 Å². The molecule has 0 aliphatic heterocycles. The maximum Gasteiger partial charge on any atom is 0.169 e. The third kappa shape index (κ3) is 3.21. The second-order valence-electron chi connectivity index (χ2n) is 4.91. The average Bonchev–Trinajstić information content (AvgIpc) is 2.80. The first-order chi connectivity index (χ1) is 10.1. The predicted molar refractivity (Wildman–Crippen MR) is 80.5 cm³/mol. The molecule has 0 fully saturated rings. The minimum atomic E-state index is 0.0192. The summed E-state index contributed by atoms with van der Waals surface area (Å²) in [5.74, 6) is 1.20. The molecule has 0 aliphatic rings. The van der Waals surface area contributed by atoms with Crippen LogP contribution in [-0.2, 0) is 13.0 Å². The van der Waals surface area contributed by atoms with Gasteiger partial charge in [0.2, 0.25) is 0 Å². The minimum absolute atomic E-state index is 0.0192. The van der Waals surface area contributed by atoms with Gasteiger partial charge in [-0.15, -0.1) is 5.10 Å². The molecule has 0 atom stereocenters. The summed E-state index contributed by atoms with van der Waals surface area (Å²) in [5.41, 5.74) is 8.29. The van der Waals surface area contributed by atoms with Crippen molar-refractivity contribution in [1.29, 1.82) is 0 Å². The lowest BCUT2D eigenvalue weighted by Gasteiger charge is -2.11. The third-order valence-corrected chi connectivity index (χ3v) is 3.36. The number of benzene rings is 1. The molecule has 2 aromatic rings. The zero-order valence-corrected chi connectivity index (χ0v) is 12.6. The molecular weight excluding hydrogens is 268 g/mol. The predicted octanol–water partition coefficient (Wildman–Crippen LogP) is 2.07. The summed E-state index contributed by atoms with van der Waals surface area (Å²) < 4.78 is 7.12. The maximum absolute atomic E-state index is 11.5. The van der Waals surface area contributed by atoms with Crippen molar-refractivity contribution in [1.82, 2.24) is 15.0 Å². The highest BCUT2D eigenvalue weighted by molar-refractivity contribution is 5.94. The Morgan fingerprint density at radius 3 is 2.81 bits per heavy atom.